The van der Waals surface area contributed by atoms with Crippen LogP contribution in [0, 0.1) is 17.5 Å². The highest BCUT2D eigenvalue weighted by molar-refractivity contribution is 5.35. The Balaban J connectivity index is 2.18. The highest BCUT2D eigenvalue weighted by Crippen LogP contribution is 2.27. The molecule has 0 unspecified atom stereocenters. The molecular formula is C15H13F3O2. The van der Waals surface area contributed by atoms with Gasteiger partial charge in [-0.15, -0.1) is 0 Å². The topological polar surface area (TPSA) is 29.5 Å². The summed E-state index contributed by atoms with van der Waals surface area (Å²) in [7, 11) is 0. The van der Waals surface area contributed by atoms with Gasteiger partial charge in [0.2, 0.25) is 0 Å². The molecule has 2 aromatic carbocycles. The molecule has 0 saturated carbocycles. The zero-order chi connectivity index (χ0) is 14.7. The zero-order valence-corrected chi connectivity index (χ0v) is 10.7. The average molecular weight is 282 g/mol. The predicted molar refractivity (Wildman–Crippen MR) is 67.7 cm³/mol. The molecule has 0 aromatic heterocycles. The summed E-state index contributed by atoms with van der Waals surface area (Å²) in [4.78, 5) is 0. The molecular weight excluding hydrogens is 269 g/mol. The van der Waals surface area contributed by atoms with Gasteiger partial charge in [-0.1, -0.05) is 0 Å². The van der Waals surface area contributed by atoms with Crippen molar-refractivity contribution in [3.05, 3.63) is 65.0 Å². The van der Waals surface area contributed by atoms with Gasteiger partial charge in [0, 0.05) is 17.2 Å². The second kappa shape index (κ2) is 5.96. The van der Waals surface area contributed by atoms with Crippen molar-refractivity contribution in [3.8, 4) is 5.75 Å². The van der Waals surface area contributed by atoms with Crippen molar-refractivity contribution in [1.82, 2.24) is 0 Å². The van der Waals surface area contributed by atoms with Crippen LogP contribution < -0.4 is 4.74 Å². The Morgan fingerprint density at radius 1 is 1.05 bits per heavy atom. The SMILES string of the molecule is C[C@H](O)c1cc(F)ccc1OCc1ccc(F)cc1F. The maximum atomic E-state index is 13.4. The quantitative estimate of drug-likeness (QED) is 0.925. The van der Waals surface area contributed by atoms with E-state index in [9.17, 15) is 18.3 Å². The first-order valence-corrected chi connectivity index (χ1v) is 6.01. The van der Waals surface area contributed by atoms with E-state index in [2.05, 4.69) is 0 Å². The van der Waals surface area contributed by atoms with E-state index in [0.717, 1.165) is 18.2 Å². The lowest BCUT2D eigenvalue weighted by atomic mass is 10.1. The third kappa shape index (κ3) is 3.30. The monoisotopic (exact) mass is 282 g/mol. The molecule has 2 nitrogen and oxygen atoms in total. The lowest BCUT2D eigenvalue weighted by Gasteiger charge is -2.14. The molecule has 0 bridgehead atoms. The van der Waals surface area contributed by atoms with Crippen molar-refractivity contribution in [2.24, 2.45) is 0 Å². The number of hydrogen-bond donors (Lipinski definition) is 1. The molecule has 1 N–H and O–H groups in total. The largest absolute Gasteiger partial charge is 0.488 e. The summed E-state index contributed by atoms with van der Waals surface area (Å²) in [6.07, 6.45) is -0.918. The molecule has 0 heterocycles. The molecule has 0 aliphatic rings. The molecule has 0 amide bonds. The van der Waals surface area contributed by atoms with Gasteiger partial charge in [-0.2, -0.15) is 0 Å². The Hall–Kier alpha value is -2.01. The summed E-state index contributed by atoms with van der Waals surface area (Å²) in [5.41, 5.74) is 0.444. The Morgan fingerprint density at radius 3 is 2.35 bits per heavy atom. The Labute approximate surface area is 114 Å². The first-order chi connectivity index (χ1) is 9.47. The first kappa shape index (κ1) is 14.4. The highest BCUT2D eigenvalue weighted by atomic mass is 19.1. The first-order valence-electron chi connectivity index (χ1n) is 6.01. The number of hydrogen-bond acceptors (Lipinski definition) is 2. The molecule has 0 aliphatic carbocycles. The number of ether oxygens (including phenoxy) is 1. The van der Waals surface area contributed by atoms with Gasteiger partial charge in [-0.25, -0.2) is 13.2 Å². The van der Waals surface area contributed by atoms with Crippen LogP contribution in [-0.2, 0) is 6.61 Å². The smallest absolute Gasteiger partial charge is 0.132 e. The molecule has 20 heavy (non-hydrogen) atoms. The van der Waals surface area contributed by atoms with Crippen LogP contribution >= 0.6 is 0 Å². The zero-order valence-electron chi connectivity index (χ0n) is 10.7. The molecule has 2 aromatic rings. The van der Waals surface area contributed by atoms with E-state index in [-0.39, 0.29) is 23.5 Å². The molecule has 0 saturated heterocycles. The van der Waals surface area contributed by atoms with Crippen LogP contribution in [0.15, 0.2) is 36.4 Å². The summed E-state index contributed by atoms with van der Waals surface area (Å²) in [6, 6.07) is 6.86. The minimum Gasteiger partial charge on any atom is -0.488 e. The van der Waals surface area contributed by atoms with E-state index in [1.807, 2.05) is 0 Å². The van der Waals surface area contributed by atoms with Crippen LogP contribution in [0.1, 0.15) is 24.2 Å². The van der Waals surface area contributed by atoms with Crippen LogP contribution in [0.3, 0.4) is 0 Å². The maximum absolute atomic E-state index is 13.4. The molecule has 0 fully saturated rings. The maximum Gasteiger partial charge on any atom is 0.132 e. The standard InChI is InChI=1S/C15H13F3O2/c1-9(19)13-6-11(16)4-5-15(13)20-8-10-2-3-12(17)7-14(10)18/h2-7,9,19H,8H2,1H3/t9-/m0/s1. The lowest BCUT2D eigenvalue weighted by Crippen LogP contribution is -2.03. The second-order valence-electron chi connectivity index (χ2n) is 4.38. The van der Waals surface area contributed by atoms with Crippen LogP contribution in [0.25, 0.3) is 0 Å². The molecule has 106 valence electrons. The van der Waals surface area contributed by atoms with Gasteiger partial charge in [-0.3, -0.25) is 0 Å². The van der Waals surface area contributed by atoms with E-state index in [1.54, 1.807) is 0 Å². The van der Waals surface area contributed by atoms with Crippen molar-refractivity contribution in [2.75, 3.05) is 0 Å². The molecule has 0 aliphatic heterocycles. The number of aliphatic hydroxyl groups is 1. The third-order valence-electron chi connectivity index (χ3n) is 2.82. The Bertz CT molecular complexity index is 612. The van der Waals surface area contributed by atoms with E-state index in [4.69, 9.17) is 4.74 Å². The number of benzene rings is 2. The van der Waals surface area contributed by atoms with Gasteiger partial charge >= 0.3 is 0 Å². The number of aliphatic hydroxyl groups excluding tert-OH is 1. The van der Waals surface area contributed by atoms with Crippen molar-refractivity contribution in [3.63, 3.8) is 0 Å². The van der Waals surface area contributed by atoms with Crippen molar-refractivity contribution < 1.29 is 23.0 Å². The minimum atomic E-state index is -0.918. The lowest BCUT2D eigenvalue weighted by molar-refractivity contribution is 0.189. The summed E-state index contributed by atoms with van der Waals surface area (Å²) in [6.45, 7) is 1.33. The fraction of sp³-hybridized carbons (Fsp3) is 0.200. The van der Waals surface area contributed by atoms with Gasteiger partial charge in [-0.05, 0) is 37.3 Å². The summed E-state index contributed by atoms with van der Waals surface area (Å²) in [5, 5.41) is 9.55. The Morgan fingerprint density at radius 2 is 1.70 bits per heavy atom. The minimum absolute atomic E-state index is 0.141. The highest BCUT2D eigenvalue weighted by Gasteiger charge is 2.12. The number of rotatable bonds is 4. The molecule has 2 rings (SSSR count). The van der Waals surface area contributed by atoms with Gasteiger partial charge < -0.3 is 9.84 Å². The van der Waals surface area contributed by atoms with Crippen LogP contribution in [-0.4, -0.2) is 5.11 Å². The second-order valence-corrected chi connectivity index (χ2v) is 4.38. The normalized spacial score (nSPS) is 12.2. The van der Waals surface area contributed by atoms with Gasteiger partial charge in [0.15, 0.2) is 0 Å². The fourth-order valence-electron chi connectivity index (χ4n) is 1.77. The van der Waals surface area contributed by atoms with Crippen molar-refractivity contribution in [1.29, 1.82) is 0 Å². The molecule has 1 atom stereocenters. The van der Waals surface area contributed by atoms with Gasteiger partial charge in [0.1, 0.15) is 29.8 Å². The number of halogens is 3. The Kier molecular flexibility index (Phi) is 4.29. The van der Waals surface area contributed by atoms with Gasteiger partial charge in [0.05, 0.1) is 6.10 Å². The van der Waals surface area contributed by atoms with Crippen LogP contribution in [0.2, 0.25) is 0 Å². The van der Waals surface area contributed by atoms with Crippen molar-refractivity contribution >= 4 is 0 Å². The average Bonchev–Trinajstić information content (AvgIpc) is 2.38. The molecule has 5 heteroatoms. The van der Waals surface area contributed by atoms with E-state index in [0.29, 0.717) is 0 Å². The van der Waals surface area contributed by atoms with Crippen molar-refractivity contribution in [2.45, 2.75) is 19.6 Å². The van der Waals surface area contributed by atoms with Crippen LogP contribution in [0.5, 0.6) is 5.75 Å². The summed E-state index contributed by atoms with van der Waals surface area (Å²) < 4.78 is 44.7. The fourth-order valence-corrected chi connectivity index (χ4v) is 1.77. The summed E-state index contributed by atoms with van der Waals surface area (Å²) >= 11 is 0. The molecule has 0 radical (unpaired) electrons. The van der Waals surface area contributed by atoms with E-state index < -0.39 is 23.6 Å². The van der Waals surface area contributed by atoms with Crippen LogP contribution in [0.4, 0.5) is 13.2 Å². The van der Waals surface area contributed by atoms with Gasteiger partial charge in [0.25, 0.3) is 0 Å². The molecule has 0 spiro atoms. The third-order valence-corrected chi connectivity index (χ3v) is 2.82. The summed E-state index contributed by atoms with van der Waals surface area (Å²) in [5.74, 6) is -1.63. The van der Waals surface area contributed by atoms with E-state index in [1.165, 1.54) is 25.1 Å². The predicted octanol–water partition coefficient (Wildman–Crippen LogP) is 3.74. The van der Waals surface area contributed by atoms with E-state index >= 15 is 0 Å².